The lowest BCUT2D eigenvalue weighted by molar-refractivity contribution is -0.152. The van der Waals surface area contributed by atoms with Gasteiger partial charge in [-0.1, -0.05) is 27.7 Å². The normalized spacial score (nSPS) is 12.7. The minimum Gasteiger partial charge on any atom is -0.481 e. The predicted molar refractivity (Wildman–Crippen MR) is 78.2 cm³/mol. The van der Waals surface area contributed by atoms with Crippen LogP contribution in [0.15, 0.2) is 0 Å². The Hall–Kier alpha value is -0.610. The van der Waals surface area contributed by atoms with Crippen molar-refractivity contribution in [1.29, 1.82) is 0 Å². The molecule has 0 rings (SSSR count). The Morgan fingerprint density at radius 1 is 1.05 bits per heavy atom. The zero-order valence-electron chi connectivity index (χ0n) is 13.0. The second-order valence-electron chi connectivity index (χ2n) is 5.32. The molecule has 0 amide bonds. The van der Waals surface area contributed by atoms with E-state index in [1.165, 1.54) is 0 Å². The Balaban J connectivity index is 4.57. The summed E-state index contributed by atoms with van der Waals surface area (Å²) in [5.74, 6) is -0.710. The van der Waals surface area contributed by atoms with Gasteiger partial charge in [0.1, 0.15) is 0 Å². The van der Waals surface area contributed by atoms with Gasteiger partial charge in [-0.3, -0.25) is 4.79 Å². The van der Waals surface area contributed by atoms with E-state index >= 15 is 0 Å². The quantitative estimate of drug-likeness (QED) is 0.606. The van der Waals surface area contributed by atoms with Crippen molar-refractivity contribution in [3.05, 3.63) is 0 Å². The summed E-state index contributed by atoms with van der Waals surface area (Å²) in [7, 11) is 0. The highest BCUT2D eigenvalue weighted by Gasteiger charge is 2.35. The molecule has 0 fully saturated rings. The maximum atomic E-state index is 11.4. The predicted octanol–water partition coefficient (Wildman–Crippen LogP) is 3.19. The summed E-state index contributed by atoms with van der Waals surface area (Å²) in [4.78, 5) is 11.4. The second kappa shape index (κ2) is 8.54. The first kappa shape index (κ1) is 18.4. The van der Waals surface area contributed by atoms with Crippen LogP contribution in [0, 0.1) is 5.41 Å². The Morgan fingerprint density at radius 3 is 1.89 bits per heavy atom. The van der Waals surface area contributed by atoms with Crippen molar-refractivity contribution in [3.63, 3.8) is 0 Å². The lowest BCUT2D eigenvalue weighted by Crippen LogP contribution is -2.37. The highest BCUT2D eigenvalue weighted by molar-refractivity contribution is 5.74. The van der Waals surface area contributed by atoms with Gasteiger partial charge in [-0.2, -0.15) is 0 Å². The zero-order chi connectivity index (χ0) is 14.9. The molecule has 114 valence electrons. The number of carboxylic acid groups (broad SMARTS) is 1. The van der Waals surface area contributed by atoms with E-state index in [9.17, 15) is 9.90 Å². The monoisotopic (exact) mass is 273 g/mol. The number of carbonyl (C=O) groups is 1. The summed E-state index contributed by atoms with van der Waals surface area (Å²) < 4.78 is 6.03. The van der Waals surface area contributed by atoms with E-state index in [0.29, 0.717) is 32.4 Å². The van der Waals surface area contributed by atoms with Gasteiger partial charge in [-0.05, 0) is 45.1 Å². The van der Waals surface area contributed by atoms with Crippen LogP contribution in [0.2, 0.25) is 0 Å². The van der Waals surface area contributed by atoms with Crippen LogP contribution in [0.1, 0.15) is 66.2 Å². The summed E-state index contributed by atoms with van der Waals surface area (Å²) in [6, 6.07) is 0. The molecule has 19 heavy (non-hydrogen) atoms. The van der Waals surface area contributed by atoms with Gasteiger partial charge in [0.2, 0.25) is 0 Å². The first-order valence-corrected chi connectivity index (χ1v) is 7.53. The number of hydrogen-bond acceptors (Lipinski definition) is 3. The summed E-state index contributed by atoms with van der Waals surface area (Å²) in [5, 5.41) is 9.40. The van der Waals surface area contributed by atoms with Gasteiger partial charge >= 0.3 is 5.97 Å². The molecule has 4 heteroatoms. The number of carboxylic acids is 1. The number of nitrogens with two attached hydrogens (primary N) is 1. The third-order valence-corrected chi connectivity index (χ3v) is 4.68. The lowest BCUT2D eigenvalue weighted by Gasteiger charge is -2.34. The van der Waals surface area contributed by atoms with Crippen LogP contribution in [-0.2, 0) is 9.53 Å². The fourth-order valence-electron chi connectivity index (χ4n) is 2.62. The Morgan fingerprint density at radius 2 is 1.58 bits per heavy atom. The number of aliphatic carboxylic acids is 1. The summed E-state index contributed by atoms with van der Waals surface area (Å²) in [6.45, 7) is 9.17. The minimum atomic E-state index is -0.710. The van der Waals surface area contributed by atoms with E-state index in [4.69, 9.17) is 10.5 Å². The van der Waals surface area contributed by atoms with Crippen molar-refractivity contribution in [2.45, 2.75) is 71.8 Å². The van der Waals surface area contributed by atoms with Crippen molar-refractivity contribution < 1.29 is 14.6 Å². The van der Waals surface area contributed by atoms with E-state index < -0.39 is 11.4 Å². The average molecular weight is 273 g/mol. The molecule has 4 nitrogen and oxygen atoms in total. The molecule has 0 bridgehead atoms. The van der Waals surface area contributed by atoms with Crippen LogP contribution in [-0.4, -0.2) is 29.8 Å². The van der Waals surface area contributed by atoms with Crippen molar-refractivity contribution in [2.24, 2.45) is 11.1 Å². The number of rotatable bonds is 11. The lowest BCUT2D eigenvalue weighted by atomic mass is 9.79. The first-order valence-electron chi connectivity index (χ1n) is 7.53. The number of hydrogen-bond donors (Lipinski definition) is 2. The summed E-state index contributed by atoms with van der Waals surface area (Å²) >= 11 is 0. The third-order valence-electron chi connectivity index (χ3n) is 4.68. The van der Waals surface area contributed by atoms with Gasteiger partial charge in [0.05, 0.1) is 11.0 Å². The molecule has 3 N–H and O–H groups in total. The van der Waals surface area contributed by atoms with E-state index in [1.54, 1.807) is 0 Å². The van der Waals surface area contributed by atoms with Gasteiger partial charge in [-0.25, -0.2) is 0 Å². The van der Waals surface area contributed by atoms with Gasteiger partial charge in [0.15, 0.2) is 0 Å². The van der Waals surface area contributed by atoms with E-state index in [-0.39, 0.29) is 5.60 Å². The minimum absolute atomic E-state index is 0.180. The maximum absolute atomic E-state index is 11.4. The van der Waals surface area contributed by atoms with E-state index in [1.807, 2.05) is 13.8 Å². The fourth-order valence-corrected chi connectivity index (χ4v) is 2.62. The Bertz CT molecular complexity index is 258. The van der Waals surface area contributed by atoms with Gasteiger partial charge < -0.3 is 15.6 Å². The second-order valence-corrected chi connectivity index (χ2v) is 5.32. The number of ether oxygens (including phenoxy) is 1. The highest BCUT2D eigenvalue weighted by Crippen LogP contribution is 2.33. The topological polar surface area (TPSA) is 72.5 Å². The van der Waals surface area contributed by atoms with Crippen LogP contribution < -0.4 is 5.73 Å². The zero-order valence-corrected chi connectivity index (χ0v) is 13.0. The van der Waals surface area contributed by atoms with Crippen LogP contribution in [0.4, 0.5) is 0 Å². The standard InChI is InChI=1S/C15H31NO3/c1-5-14(6-2,13(17)18)10-12-19-15(7-3,8-4)9-11-16/h5-12,16H2,1-4H3,(H,17,18). The van der Waals surface area contributed by atoms with Gasteiger partial charge in [-0.15, -0.1) is 0 Å². The van der Waals surface area contributed by atoms with Gasteiger partial charge in [0, 0.05) is 6.61 Å². The molecule has 0 saturated heterocycles. The smallest absolute Gasteiger partial charge is 0.309 e. The van der Waals surface area contributed by atoms with Crippen molar-refractivity contribution >= 4 is 5.97 Å². The van der Waals surface area contributed by atoms with Gasteiger partial charge in [0.25, 0.3) is 0 Å². The molecule has 0 radical (unpaired) electrons. The van der Waals surface area contributed by atoms with Crippen molar-refractivity contribution in [3.8, 4) is 0 Å². The molecule has 0 aliphatic rings. The fraction of sp³-hybridized carbons (Fsp3) is 0.933. The molecule has 0 heterocycles. The SMILES string of the molecule is CCC(CC)(CCN)OCCC(CC)(CC)C(=O)O. The van der Waals surface area contributed by atoms with Crippen molar-refractivity contribution in [1.82, 2.24) is 0 Å². The molecule has 0 aromatic carbocycles. The largest absolute Gasteiger partial charge is 0.481 e. The van der Waals surface area contributed by atoms with E-state index in [2.05, 4.69) is 13.8 Å². The third kappa shape index (κ3) is 4.77. The molecule has 0 aliphatic carbocycles. The van der Waals surface area contributed by atoms with Crippen LogP contribution in [0.5, 0.6) is 0 Å². The molecule has 0 spiro atoms. The van der Waals surface area contributed by atoms with Crippen molar-refractivity contribution in [2.75, 3.05) is 13.2 Å². The van der Waals surface area contributed by atoms with Crippen LogP contribution in [0.3, 0.4) is 0 Å². The first-order chi connectivity index (χ1) is 8.95. The molecule has 0 atom stereocenters. The Labute approximate surface area is 117 Å². The molecule has 0 aromatic rings. The van der Waals surface area contributed by atoms with Crippen LogP contribution >= 0.6 is 0 Å². The molecule has 0 saturated carbocycles. The average Bonchev–Trinajstić information content (AvgIpc) is 2.42. The molecule has 0 aliphatic heterocycles. The van der Waals surface area contributed by atoms with E-state index in [0.717, 1.165) is 19.3 Å². The Kier molecular flexibility index (Phi) is 8.26. The molecule has 0 aromatic heterocycles. The van der Waals surface area contributed by atoms with Crippen LogP contribution in [0.25, 0.3) is 0 Å². The molecular formula is C15H31NO3. The summed E-state index contributed by atoms with van der Waals surface area (Å²) in [5.41, 5.74) is 4.83. The molecular weight excluding hydrogens is 242 g/mol. The highest BCUT2D eigenvalue weighted by atomic mass is 16.5. The maximum Gasteiger partial charge on any atom is 0.309 e. The molecule has 0 unspecified atom stereocenters. The summed E-state index contributed by atoms with van der Waals surface area (Å²) in [6.07, 6.45) is 4.52.